The number of hydrogen-bond donors (Lipinski definition) is 2. The van der Waals surface area contributed by atoms with E-state index < -0.39 is 6.10 Å². The van der Waals surface area contributed by atoms with Crippen LogP contribution in [-0.4, -0.2) is 43.1 Å². The standard InChI is InChI=1S/C14H20BrNO3/c1-10-13(6-7-18-10)16-8-11(17)9-19-14-5-3-2-4-12(14)15/h2-5,10-11,13,16-17H,6-9H2,1H3/t10-,11-,13-/m0/s1. The fraction of sp³-hybridized carbons (Fsp3) is 0.571. The van der Waals surface area contributed by atoms with E-state index in [-0.39, 0.29) is 12.7 Å². The fourth-order valence-electron chi connectivity index (χ4n) is 2.09. The van der Waals surface area contributed by atoms with Crippen LogP contribution in [0.3, 0.4) is 0 Å². The quantitative estimate of drug-likeness (QED) is 0.837. The van der Waals surface area contributed by atoms with Crippen molar-refractivity contribution >= 4 is 15.9 Å². The van der Waals surface area contributed by atoms with Crippen molar-refractivity contribution in [1.82, 2.24) is 5.32 Å². The molecule has 0 amide bonds. The van der Waals surface area contributed by atoms with Crippen LogP contribution < -0.4 is 10.1 Å². The highest BCUT2D eigenvalue weighted by Gasteiger charge is 2.24. The molecule has 19 heavy (non-hydrogen) atoms. The molecule has 1 aliphatic rings. The maximum atomic E-state index is 9.90. The number of ether oxygens (including phenoxy) is 2. The predicted octanol–water partition coefficient (Wildman–Crippen LogP) is 1.96. The van der Waals surface area contributed by atoms with E-state index >= 15 is 0 Å². The third-order valence-corrected chi connectivity index (χ3v) is 3.91. The molecule has 3 atom stereocenters. The number of hydrogen-bond acceptors (Lipinski definition) is 4. The second kappa shape index (κ2) is 7.24. The highest BCUT2D eigenvalue weighted by Crippen LogP contribution is 2.23. The minimum Gasteiger partial charge on any atom is -0.490 e. The van der Waals surface area contributed by atoms with Crippen molar-refractivity contribution in [2.24, 2.45) is 0 Å². The van der Waals surface area contributed by atoms with Gasteiger partial charge >= 0.3 is 0 Å². The first-order valence-corrected chi connectivity index (χ1v) is 7.36. The number of aliphatic hydroxyl groups is 1. The van der Waals surface area contributed by atoms with E-state index in [0.29, 0.717) is 12.6 Å². The maximum absolute atomic E-state index is 9.90. The topological polar surface area (TPSA) is 50.7 Å². The minimum absolute atomic E-state index is 0.219. The van der Waals surface area contributed by atoms with Gasteiger partial charge in [-0.1, -0.05) is 12.1 Å². The van der Waals surface area contributed by atoms with Crippen LogP contribution in [0.1, 0.15) is 13.3 Å². The van der Waals surface area contributed by atoms with Crippen LogP contribution in [0.5, 0.6) is 5.75 Å². The van der Waals surface area contributed by atoms with Gasteiger partial charge in [0.25, 0.3) is 0 Å². The third kappa shape index (κ3) is 4.45. The molecule has 0 spiro atoms. The summed E-state index contributed by atoms with van der Waals surface area (Å²) in [5, 5.41) is 13.2. The fourth-order valence-corrected chi connectivity index (χ4v) is 2.49. The van der Waals surface area contributed by atoms with E-state index in [1.807, 2.05) is 24.3 Å². The van der Waals surface area contributed by atoms with Gasteiger partial charge < -0.3 is 19.9 Å². The van der Waals surface area contributed by atoms with Gasteiger partial charge in [0.2, 0.25) is 0 Å². The summed E-state index contributed by atoms with van der Waals surface area (Å²) in [4.78, 5) is 0. The second-order valence-electron chi connectivity index (χ2n) is 4.77. The van der Waals surface area contributed by atoms with E-state index in [9.17, 15) is 5.11 Å². The summed E-state index contributed by atoms with van der Waals surface area (Å²) >= 11 is 3.41. The van der Waals surface area contributed by atoms with Crippen molar-refractivity contribution in [2.45, 2.75) is 31.6 Å². The lowest BCUT2D eigenvalue weighted by Crippen LogP contribution is -2.41. The Morgan fingerprint density at radius 1 is 1.53 bits per heavy atom. The largest absolute Gasteiger partial charge is 0.490 e. The van der Waals surface area contributed by atoms with Crippen molar-refractivity contribution in [2.75, 3.05) is 19.8 Å². The average molecular weight is 330 g/mol. The van der Waals surface area contributed by atoms with Gasteiger partial charge in [-0.25, -0.2) is 0 Å². The average Bonchev–Trinajstić information content (AvgIpc) is 2.81. The molecule has 0 saturated carbocycles. The van der Waals surface area contributed by atoms with E-state index in [1.54, 1.807) is 0 Å². The Balaban J connectivity index is 1.70. The molecule has 106 valence electrons. The second-order valence-corrected chi connectivity index (χ2v) is 5.63. The summed E-state index contributed by atoms with van der Waals surface area (Å²) in [6.45, 7) is 3.64. The Kier molecular flexibility index (Phi) is 5.63. The summed E-state index contributed by atoms with van der Waals surface area (Å²) in [5.41, 5.74) is 0. The smallest absolute Gasteiger partial charge is 0.133 e. The molecule has 1 saturated heterocycles. The predicted molar refractivity (Wildman–Crippen MR) is 77.5 cm³/mol. The first-order chi connectivity index (χ1) is 9.16. The van der Waals surface area contributed by atoms with Crippen LogP contribution in [0.2, 0.25) is 0 Å². The number of nitrogens with one attached hydrogen (secondary N) is 1. The van der Waals surface area contributed by atoms with Gasteiger partial charge in [0, 0.05) is 19.2 Å². The Morgan fingerprint density at radius 2 is 2.32 bits per heavy atom. The van der Waals surface area contributed by atoms with Crippen LogP contribution >= 0.6 is 15.9 Å². The van der Waals surface area contributed by atoms with E-state index in [4.69, 9.17) is 9.47 Å². The van der Waals surface area contributed by atoms with Gasteiger partial charge in [0.05, 0.1) is 10.6 Å². The van der Waals surface area contributed by atoms with E-state index in [1.165, 1.54) is 0 Å². The first kappa shape index (κ1) is 14.8. The van der Waals surface area contributed by atoms with Gasteiger partial charge in [-0.05, 0) is 41.4 Å². The Hall–Kier alpha value is -0.620. The summed E-state index contributed by atoms with van der Waals surface area (Å²) in [6.07, 6.45) is 0.690. The van der Waals surface area contributed by atoms with Gasteiger partial charge in [-0.3, -0.25) is 0 Å². The monoisotopic (exact) mass is 329 g/mol. The number of rotatable bonds is 6. The van der Waals surface area contributed by atoms with E-state index in [2.05, 4.69) is 28.2 Å². The first-order valence-electron chi connectivity index (χ1n) is 6.57. The number of benzene rings is 1. The zero-order valence-corrected chi connectivity index (χ0v) is 12.6. The lowest BCUT2D eigenvalue weighted by atomic mass is 10.1. The Morgan fingerprint density at radius 3 is 3.00 bits per heavy atom. The molecule has 0 unspecified atom stereocenters. The maximum Gasteiger partial charge on any atom is 0.133 e. The van der Waals surface area contributed by atoms with Crippen molar-refractivity contribution in [1.29, 1.82) is 0 Å². The molecule has 4 nitrogen and oxygen atoms in total. The van der Waals surface area contributed by atoms with Gasteiger partial charge in [0.1, 0.15) is 18.5 Å². The number of aliphatic hydroxyl groups excluding tert-OH is 1. The van der Waals surface area contributed by atoms with Crippen LogP contribution in [0.15, 0.2) is 28.7 Å². The molecule has 1 aromatic rings. The molecular formula is C14H20BrNO3. The molecule has 0 aromatic heterocycles. The molecule has 0 radical (unpaired) electrons. The zero-order chi connectivity index (χ0) is 13.7. The van der Waals surface area contributed by atoms with Crippen molar-refractivity contribution < 1.29 is 14.6 Å². The summed E-state index contributed by atoms with van der Waals surface area (Å²) in [5.74, 6) is 0.749. The van der Waals surface area contributed by atoms with E-state index in [0.717, 1.165) is 23.2 Å². The third-order valence-electron chi connectivity index (χ3n) is 3.26. The molecule has 0 aliphatic carbocycles. The molecule has 2 N–H and O–H groups in total. The number of halogens is 1. The van der Waals surface area contributed by atoms with Crippen LogP contribution in [0, 0.1) is 0 Å². The molecule has 1 heterocycles. The minimum atomic E-state index is -0.528. The Bertz CT molecular complexity index is 402. The zero-order valence-electron chi connectivity index (χ0n) is 11.0. The lowest BCUT2D eigenvalue weighted by Gasteiger charge is -2.19. The molecule has 5 heteroatoms. The van der Waals surface area contributed by atoms with Crippen LogP contribution in [0.25, 0.3) is 0 Å². The summed E-state index contributed by atoms with van der Waals surface area (Å²) in [7, 11) is 0. The molecule has 1 aliphatic heterocycles. The Labute approximate surface area is 122 Å². The van der Waals surface area contributed by atoms with Crippen molar-refractivity contribution in [3.05, 3.63) is 28.7 Å². The highest BCUT2D eigenvalue weighted by molar-refractivity contribution is 9.10. The highest BCUT2D eigenvalue weighted by atomic mass is 79.9. The molecule has 1 fully saturated rings. The molecule has 2 rings (SSSR count). The molecule has 1 aromatic carbocycles. The lowest BCUT2D eigenvalue weighted by molar-refractivity contribution is 0.0895. The summed E-state index contributed by atoms with van der Waals surface area (Å²) < 4.78 is 11.9. The van der Waals surface area contributed by atoms with Crippen molar-refractivity contribution in [3.63, 3.8) is 0 Å². The molecular weight excluding hydrogens is 310 g/mol. The van der Waals surface area contributed by atoms with Crippen LogP contribution in [0.4, 0.5) is 0 Å². The number of para-hydroxylation sites is 1. The molecule has 0 bridgehead atoms. The SMILES string of the molecule is C[C@@H]1OCC[C@@H]1NC[C@H](O)COc1ccccc1Br. The normalized spacial score (nSPS) is 24.4. The van der Waals surface area contributed by atoms with Gasteiger partial charge in [-0.2, -0.15) is 0 Å². The van der Waals surface area contributed by atoms with Gasteiger partial charge in [-0.15, -0.1) is 0 Å². The van der Waals surface area contributed by atoms with Crippen molar-refractivity contribution in [3.8, 4) is 5.75 Å². The summed E-state index contributed by atoms with van der Waals surface area (Å²) in [6, 6.07) is 7.95. The van der Waals surface area contributed by atoms with Crippen LogP contribution in [-0.2, 0) is 4.74 Å². The van der Waals surface area contributed by atoms with Gasteiger partial charge in [0.15, 0.2) is 0 Å².